The van der Waals surface area contributed by atoms with Crippen molar-refractivity contribution in [2.45, 2.75) is 19.7 Å². The van der Waals surface area contributed by atoms with Gasteiger partial charge in [0, 0.05) is 6.07 Å². The highest BCUT2D eigenvalue weighted by Crippen LogP contribution is 2.29. The Bertz CT molecular complexity index is 452. The number of hydrogen-bond acceptors (Lipinski definition) is 5. The number of aliphatic imine (C=N–C) groups is 1. The second kappa shape index (κ2) is 6.36. The van der Waals surface area contributed by atoms with Crippen molar-refractivity contribution in [1.82, 2.24) is 0 Å². The third-order valence-corrected chi connectivity index (χ3v) is 2.97. The monoisotopic (exact) mass is 268 g/mol. The van der Waals surface area contributed by atoms with Gasteiger partial charge in [-0.25, -0.2) is 0 Å². The van der Waals surface area contributed by atoms with Crippen molar-refractivity contribution in [3.63, 3.8) is 0 Å². The number of nitrogens with zero attached hydrogens (tertiary/aromatic N) is 2. The Hall–Kier alpha value is -1.40. The summed E-state index contributed by atoms with van der Waals surface area (Å²) in [4.78, 5) is 14.3. The minimum absolute atomic E-state index is 0.00569. The fourth-order valence-corrected chi connectivity index (χ4v) is 1.88. The van der Waals surface area contributed by atoms with E-state index in [9.17, 15) is 10.1 Å². The van der Waals surface area contributed by atoms with E-state index in [2.05, 4.69) is 22.4 Å². The minimum Gasteiger partial charge on any atom is -0.416 e. The molecule has 0 amide bonds. The molecule has 0 aliphatic rings. The van der Waals surface area contributed by atoms with Crippen molar-refractivity contribution in [2.75, 3.05) is 0 Å². The van der Waals surface area contributed by atoms with E-state index in [1.807, 2.05) is 13.1 Å². The molecular weight excluding hydrogens is 256 g/mol. The maximum atomic E-state index is 10.9. The molecule has 0 saturated carbocycles. The van der Waals surface area contributed by atoms with E-state index in [4.69, 9.17) is 4.43 Å². The summed E-state index contributed by atoms with van der Waals surface area (Å²) in [6, 6.07) is 4.66. The number of rotatable bonds is 5. The van der Waals surface area contributed by atoms with Crippen LogP contribution in [0.2, 0.25) is 13.1 Å². The van der Waals surface area contributed by atoms with Gasteiger partial charge in [0.05, 0.1) is 27.9 Å². The molecule has 0 N–H and O–H groups in total. The van der Waals surface area contributed by atoms with Crippen LogP contribution in [-0.4, -0.2) is 19.1 Å². The molecule has 0 fully saturated rings. The van der Waals surface area contributed by atoms with Crippen LogP contribution in [0.4, 0.5) is 11.4 Å². The molecule has 17 heavy (non-hydrogen) atoms. The zero-order chi connectivity index (χ0) is 12.8. The van der Waals surface area contributed by atoms with Gasteiger partial charge in [-0.2, -0.15) is 4.99 Å². The largest absolute Gasteiger partial charge is 0.416 e. The lowest BCUT2D eigenvalue weighted by Crippen LogP contribution is -2.08. The fourth-order valence-electron chi connectivity index (χ4n) is 1.29. The lowest BCUT2D eigenvalue weighted by molar-refractivity contribution is -0.385. The second-order valence-corrected chi connectivity index (χ2v) is 6.21. The van der Waals surface area contributed by atoms with Crippen molar-refractivity contribution in [1.29, 1.82) is 0 Å². The molecule has 0 aliphatic heterocycles. The number of hydrogen-bond donors (Lipinski definition) is 0. The second-order valence-electron chi connectivity index (χ2n) is 3.59. The number of nitro benzene ring substituents is 1. The molecule has 90 valence electrons. The van der Waals surface area contributed by atoms with Gasteiger partial charge in [0.15, 0.2) is 9.04 Å². The topological polar surface area (TPSA) is 64.7 Å². The number of thiocarbonyl (C=S) groups is 1. The molecule has 0 radical (unpaired) electrons. The van der Waals surface area contributed by atoms with E-state index >= 15 is 0 Å². The van der Waals surface area contributed by atoms with E-state index in [-0.39, 0.29) is 12.3 Å². The minimum atomic E-state index is -1.24. The van der Waals surface area contributed by atoms with Gasteiger partial charge in [-0.05, 0) is 31.4 Å². The average Bonchev–Trinajstić information content (AvgIpc) is 2.27. The van der Waals surface area contributed by atoms with Gasteiger partial charge in [0.25, 0.3) is 5.69 Å². The van der Waals surface area contributed by atoms with Crippen LogP contribution >= 0.6 is 12.2 Å². The van der Waals surface area contributed by atoms with Crippen LogP contribution in [0.1, 0.15) is 5.56 Å². The van der Waals surface area contributed by atoms with Crippen LogP contribution < -0.4 is 0 Å². The molecule has 0 heterocycles. The maximum absolute atomic E-state index is 10.9. The zero-order valence-electron chi connectivity index (χ0n) is 9.54. The Kier molecular flexibility index (Phi) is 5.11. The lowest BCUT2D eigenvalue weighted by Gasteiger charge is -2.09. The SMILES string of the molecule is C[SiH](C)OCc1c(N=C=S)cccc1[N+](=O)[O-]. The maximum Gasteiger partial charge on any atom is 0.277 e. The highest BCUT2D eigenvalue weighted by molar-refractivity contribution is 7.78. The Labute approximate surface area is 106 Å². The van der Waals surface area contributed by atoms with Gasteiger partial charge in [-0.15, -0.1) is 0 Å². The van der Waals surface area contributed by atoms with Gasteiger partial charge < -0.3 is 4.43 Å². The van der Waals surface area contributed by atoms with Crippen molar-refractivity contribution >= 4 is 37.8 Å². The Morgan fingerprint density at radius 2 is 2.29 bits per heavy atom. The summed E-state index contributed by atoms with van der Waals surface area (Å²) in [5.74, 6) is 0. The fraction of sp³-hybridized carbons (Fsp3) is 0.300. The Balaban J connectivity index is 3.18. The molecule has 7 heteroatoms. The molecule has 0 bridgehead atoms. The molecule has 1 aromatic rings. The van der Waals surface area contributed by atoms with Crippen molar-refractivity contribution in [3.8, 4) is 0 Å². The van der Waals surface area contributed by atoms with Crippen LogP contribution in [0.15, 0.2) is 23.2 Å². The van der Waals surface area contributed by atoms with E-state index in [0.717, 1.165) is 0 Å². The van der Waals surface area contributed by atoms with E-state index in [1.165, 1.54) is 6.07 Å². The van der Waals surface area contributed by atoms with Crippen molar-refractivity contribution in [2.24, 2.45) is 4.99 Å². The van der Waals surface area contributed by atoms with Gasteiger partial charge >= 0.3 is 0 Å². The third kappa shape index (κ3) is 3.83. The van der Waals surface area contributed by atoms with Crippen LogP contribution in [0.3, 0.4) is 0 Å². The molecule has 0 unspecified atom stereocenters. The van der Waals surface area contributed by atoms with Gasteiger partial charge in [0.1, 0.15) is 0 Å². The van der Waals surface area contributed by atoms with Crippen LogP contribution in [0.25, 0.3) is 0 Å². The van der Waals surface area contributed by atoms with E-state index < -0.39 is 14.0 Å². The van der Waals surface area contributed by atoms with Gasteiger partial charge in [-0.1, -0.05) is 6.07 Å². The average molecular weight is 268 g/mol. The molecule has 0 saturated heterocycles. The molecule has 0 aliphatic carbocycles. The predicted octanol–water partition coefficient (Wildman–Crippen LogP) is 2.83. The van der Waals surface area contributed by atoms with E-state index in [0.29, 0.717) is 11.3 Å². The summed E-state index contributed by atoms with van der Waals surface area (Å²) >= 11 is 4.52. The normalized spacial score (nSPS) is 10.1. The molecular formula is C10H12N2O3SSi. The number of isothiocyanates is 1. The zero-order valence-corrected chi connectivity index (χ0v) is 11.5. The molecule has 1 aromatic carbocycles. The van der Waals surface area contributed by atoms with Crippen molar-refractivity contribution < 1.29 is 9.35 Å². The van der Waals surface area contributed by atoms with Crippen LogP contribution in [0, 0.1) is 10.1 Å². The first-order valence-corrected chi connectivity index (χ1v) is 8.21. The predicted molar refractivity (Wildman–Crippen MR) is 71.4 cm³/mol. The number of benzene rings is 1. The van der Waals surface area contributed by atoms with Crippen molar-refractivity contribution in [3.05, 3.63) is 33.9 Å². The Morgan fingerprint density at radius 3 is 2.82 bits per heavy atom. The summed E-state index contributed by atoms with van der Waals surface area (Å²) in [7, 11) is -1.24. The molecule has 1 rings (SSSR count). The highest BCUT2D eigenvalue weighted by atomic mass is 32.1. The standard InChI is InChI=1S/C10H12N2O3SSi/c1-17(2)15-6-8-9(11-7-16)4-3-5-10(8)12(13)14/h3-5,17H,6H2,1-2H3. The van der Waals surface area contributed by atoms with Crippen LogP contribution in [0.5, 0.6) is 0 Å². The summed E-state index contributed by atoms with van der Waals surface area (Å²) in [6.07, 6.45) is 0. The highest BCUT2D eigenvalue weighted by Gasteiger charge is 2.17. The molecule has 5 nitrogen and oxygen atoms in total. The van der Waals surface area contributed by atoms with Gasteiger partial charge in [0.2, 0.25) is 0 Å². The summed E-state index contributed by atoms with van der Waals surface area (Å²) in [5.41, 5.74) is 0.908. The van der Waals surface area contributed by atoms with Crippen LogP contribution in [-0.2, 0) is 11.0 Å². The lowest BCUT2D eigenvalue weighted by atomic mass is 10.1. The van der Waals surface area contributed by atoms with E-state index in [1.54, 1.807) is 12.1 Å². The first kappa shape index (κ1) is 13.7. The number of nitro groups is 1. The third-order valence-electron chi connectivity index (χ3n) is 2.05. The van der Waals surface area contributed by atoms with Gasteiger partial charge in [-0.3, -0.25) is 10.1 Å². The summed E-state index contributed by atoms with van der Waals surface area (Å²) in [6.45, 7) is 4.19. The quantitative estimate of drug-likeness (QED) is 0.271. The first-order valence-electron chi connectivity index (χ1n) is 5.02. The molecule has 0 aromatic heterocycles. The smallest absolute Gasteiger partial charge is 0.277 e. The Morgan fingerprint density at radius 1 is 1.59 bits per heavy atom. The molecule has 0 spiro atoms. The molecule has 0 atom stereocenters. The first-order chi connectivity index (χ1) is 8.06. The summed E-state index contributed by atoms with van der Waals surface area (Å²) < 4.78 is 5.52. The summed E-state index contributed by atoms with van der Waals surface area (Å²) in [5, 5.41) is 13.1.